The van der Waals surface area contributed by atoms with E-state index >= 15 is 0 Å². The summed E-state index contributed by atoms with van der Waals surface area (Å²) in [6.07, 6.45) is 0. The van der Waals surface area contributed by atoms with E-state index in [0.29, 0.717) is 0 Å². The zero-order valence-electron chi connectivity index (χ0n) is 44.9. The molecule has 0 fully saturated rings. The maximum absolute atomic E-state index is 3.51. The average Bonchev–Trinajstić information content (AvgIpc) is 4.32. The summed E-state index contributed by atoms with van der Waals surface area (Å²) in [5.74, 6) is 0. The lowest BCUT2D eigenvalue weighted by molar-refractivity contribution is 1.25. The molecule has 392 valence electrons. The molecule has 4 nitrogen and oxygen atoms in total. The first-order chi connectivity index (χ1) is 39.9. The van der Waals surface area contributed by atoms with Crippen LogP contribution in [-0.2, 0) is 0 Å². The maximum atomic E-state index is 3.51. The van der Waals surface area contributed by atoms with Crippen molar-refractivity contribution in [3.8, 4) is 0 Å². The SMILES string of the molecule is Brc1ccc2sc3ccccc3c2c1.Cc1cccc(N(c2ccccc2)c2ccc(N(c3ccccc3)c3ccc4sc5ccccc5c4c3)cc2)c1.Cc1cccc(N(c2ccccc2)c2ccc(Nc3ccccc3)cc2)c1. The number of thiophene rings is 2. The molecule has 0 saturated heterocycles. The molecule has 1 N–H and O–H groups in total. The van der Waals surface area contributed by atoms with Gasteiger partial charge in [-0.2, -0.15) is 0 Å². The first-order valence-corrected chi connectivity index (χ1v) is 29.5. The molecular formula is C74H57BrN4S2. The molecule has 81 heavy (non-hydrogen) atoms. The Labute approximate surface area is 490 Å². The summed E-state index contributed by atoms with van der Waals surface area (Å²) < 4.78 is 6.50. The Morgan fingerprint density at radius 3 is 1.04 bits per heavy atom. The van der Waals surface area contributed by atoms with Gasteiger partial charge in [0.1, 0.15) is 0 Å². The third kappa shape index (κ3) is 12.0. The Bertz CT molecular complexity index is 4360. The van der Waals surface area contributed by atoms with Gasteiger partial charge >= 0.3 is 0 Å². The first-order valence-electron chi connectivity index (χ1n) is 27.1. The van der Waals surface area contributed by atoms with Crippen LogP contribution in [0.25, 0.3) is 40.3 Å². The first kappa shape index (κ1) is 52.5. The molecule has 0 aliphatic heterocycles. The Kier molecular flexibility index (Phi) is 15.8. The molecule has 0 bridgehead atoms. The highest BCUT2D eigenvalue weighted by molar-refractivity contribution is 9.10. The summed E-state index contributed by atoms with van der Waals surface area (Å²) >= 11 is 7.21. The predicted molar refractivity (Wildman–Crippen MR) is 356 cm³/mol. The van der Waals surface area contributed by atoms with Crippen LogP contribution in [0, 0.1) is 13.8 Å². The highest BCUT2D eigenvalue weighted by atomic mass is 79.9. The van der Waals surface area contributed by atoms with E-state index in [1.54, 1.807) is 0 Å². The number of para-hydroxylation sites is 4. The Balaban J connectivity index is 0.000000136. The van der Waals surface area contributed by atoms with E-state index < -0.39 is 0 Å². The van der Waals surface area contributed by atoms with Crippen molar-refractivity contribution in [1.29, 1.82) is 0 Å². The van der Waals surface area contributed by atoms with Gasteiger partial charge in [0.25, 0.3) is 0 Å². The summed E-state index contributed by atoms with van der Waals surface area (Å²) in [5.41, 5.74) is 14.9. The van der Waals surface area contributed by atoms with Crippen molar-refractivity contribution in [1.82, 2.24) is 0 Å². The molecule has 14 rings (SSSR count). The molecule has 12 aromatic carbocycles. The lowest BCUT2D eigenvalue weighted by atomic mass is 10.1. The van der Waals surface area contributed by atoms with Crippen LogP contribution in [0.5, 0.6) is 0 Å². The van der Waals surface area contributed by atoms with Crippen LogP contribution in [0.1, 0.15) is 11.1 Å². The van der Waals surface area contributed by atoms with Gasteiger partial charge in [-0.15, -0.1) is 22.7 Å². The molecule has 0 radical (unpaired) electrons. The van der Waals surface area contributed by atoms with Crippen molar-refractivity contribution in [3.63, 3.8) is 0 Å². The quantitative estimate of drug-likeness (QED) is 0.139. The minimum atomic E-state index is 1.07. The van der Waals surface area contributed by atoms with E-state index in [0.717, 1.165) is 67.0 Å². The molecule has 0 saturated carbocycles. The summed E-state index contributed by atoms with van der Waals surface area (Å²) in [5, 5.41) is 8.75. The number of anilines is 11. The van der Waals surface area contributed by atoms with Crippen LogP contribution in [0.4, 0.5) is 62.6 Å². The minimum absolute atomic E-state index is 1.07. The Hall–Kier alpha value is -9.24. The third-order valence-electron chi connectivity index (χ3n) is 14.1. The van der Waals surface area contributed by atoms with E-state index in [-0.39, 0.29) is 0 Å². The van der Waals surface area contributed by atoms with E-state index in [2.05, 4.69) is 329 Å². The van der Waals surface area contributed by atoms with Crippen LogP contribution in [0.3, 0.4) is 0 Å². The number of hydrogen-bond donors (Lipinski definition) is 1. The molecular weight excluding hydrogens is 1090 g/mol. The molecule has 0 aliphatic rings. The lowest BCUT2D eigenvalue weighted by Gasteiger charge is -2.28. The number of aryl methyl sites for hydroxylation is 2. The molecule has 0 aliphatic carbocycles. The van der Waals surface area contributed by atoms with Gasteiger partial charge in [0.2, 0.25) is 0 Å². The monoisotopic (exact) mass is 1140 g/mol. The predicted octanol–water partition coefficient (Wildman–Crippen LogP) is 23.3. The second-order valence-electron chi connectivity index (χ2n) is 19.8. The number of benzene rings is 12. The van der Waals surface area contributed by atoms with E-state index in [4.69, 9.17) is 0 Å². The zero-order valence-corrected chi connectivity index (χ0v) is 48.1. The maximum Gasteiger partial charge on any atom is 0.0468 e. The molecule has 0 amide bonds. The number of halogens is 1. The summed E-state index contributed by atoms with van der Waals surface area (Å²) in [6.45, 7) is 4.26. The van der Waals surface area contributed by atoms with Crippen LogP contribution < -0.4 is 20.0 Å². The van der Waals surface area contributed by atoms with Crippen molar-refractivity contribution in [2.75, 3.05) is 20.0 Å². The van der Waals surface area contributed by atoms with Crippen LogP contribution >= 0.6 is 38.6 Å². The number of nitrogens with one attached hydrogen (secondary N) is 1. The summed E-state index contributed by atoms with van der Waals surface area (Å²) in [6, 6.07) is 107. The third-order valence-corrected chi connectivity index (χ3v) is 16.9. The fraction of sp³-hybridized carbons (Fsp3) is 0.0270. The van der Waals surface area contributed by atoms with Gasteiger partial charge in [-0.25, -0.2) is 0 Å². The van der Waals surface area contributed by atoms with E-state index in [1.807, 2.05) is 46.9 Å². The van der Waals surface area contributed by atoms with Crippen molar-refractivity contribution < 1.29 is 0 Å². The van der Waals surface area contributed by atoms with Gasteiger partial charge in [-0.3, -0.25) is 0 Å². The van der Waals surface area contributed by atoms with Crippen LogP contribution in [0.15, 0.2) is 308 Å². The lowest BCUT2D eigenvalue weighted by Crippen LogP contribution is -2.12. The number of hydrogen-bond acceptors (Lipinski definition) is 6. The number of fused-ring (bicyclic) bond motifs is 6. The number of rotatable bonds is 11. The normalized spacial score (nSPS) is 10.9. The second kappa shape index (κ2) is 24.4. The van der Waals surface area contributed by atoms with Crippen molar-refractivity contribution in [2.24, 2.45) is 0 Å². The zero-order chi connectivity index (χ0) is 54.9. The molecule has 14 aromatic rings. The highest BCUT2D eigenvalue weighted by Gasteiger charge is 2.18. The average molecular weight is 1150 g/mol. The summed E-state index contributed by atoms with van der Waals surface area (Å²) in [4.78, 5) is 6.93. The number of nitrogens with zero attached hydrogens (tertiary/aromatic N) is 3. The molecule has 2 aromatic heterocycles. The van der Waals surface area contributed by atoms with Crippen molar-refractivity contribution in [2.45, 2.75) is 13.8 Å². The fourth-order valence-electron chi connectivity index (χ4n) is 10.3. The largest absolute Gasteiger partial charge is 0.356 e. The molecule has 0 unspecified atom stereocenters. The second-order valence-corrected chi connectivity index (χ2v) is 22.8. The molecule has 2 heterocycles. The van der Waals surface area contributed by atoms with Crippen molar-refractivity contribution in [3.05, 3.63) is 319 Å². The molecule has 0 atom stereocenters. The van der Waals surface area contributed by atoms with Gasteiger partial charge in [0, 0.05) is 107 Å². The van der Waals surface area contributed by atoms with Gasteiger partial charge < -0.3 is 20.0 Å². The van der Waals surface area contributed by atoms with Gasteiger partial charge in [-0.1, -0.05) is 149 Å². The van der Waals surface area contributed by atoms with E-state index in [1.165, 1.54) is 51.5 Å². The topological polar surface area (TPSA) is 21.8 Å². The Morgan fingerprint density at radius 1 is 0.259 bits per heavy atom. The van der Waals surface area contributed by atoms with Crippen LogP contribution in [0.2, 0.25) is 0 Å². The van der Waals surface area contributed by atoms with Gasteiger partial charge in [0.05, 0.1) is 0 Å². The highest BCUT2D eigenvalue weighted by Crippen LogP contribution is 2.43. The van der Waals surface area contributed by atoms with E-state index in [9.17, 15) is 0 Å². The standard InChI is InChI=1S/C37H28N2S.C25H22N2.C12H7BrS/c1-27-11-10-16-32(25-27)38(28-12-4-2-5-13-28)30-19-21-31(22-20-30)39(29-14-6-3-7-15-29)33-23-24-37-35(26-33)34-17-8-9-18-36(34)40-37;1-20-9-8-14-25(19-20)27(23-12-6-3-7-13-23)24-17-15-22(16-18-24)26-21-10-4-2-5-11-21;13-8-5-6-12-10(7-8)9-3-1-2-4-11(9)14-12/h2-26H,1H3;2-19,26H,1H3;1-7H. The van der Waals surface area contributed by atoms with Gasteiger partial charge in [0.15, 0.2) is 0 Å². The minimum Gasteiger partial charge on any atom is -0.356 e. The van der Waals surface area contributed by atoms with Crippen LogP contribution in [-0.4, -0.2) is 0 Å². The molecule has 0 spiro atoms. The Morgan fingerprint density at radius 2 is 0.580 bits per heavy atom. The van der Waals surface area contributed by atoms with Gasteiger partial charge in [-0.05, 0) is 195 Å². The summed E-state index contributed by atoms with van der Waals surface area (Å²) in [7, 11) is 0. The van der Waals surface area contributed by atoms with Crippen molar-refractivity contribution >= 4 is 142 Å². The molecule has 7 heteroatoms. The smallest absolute Gasteiger partial charge is 0.0468 e. The fourth-order valence-corrected chi connectivity index (χ4v) is 12.8.